The number of benzene rings is 1. The lowest BCUT2D eigenvalue weighted by molar-refractivity contribution is 0.397. The van der Waals surface area contributed by atoms with Crippen LogP contribution in [0.15, 0.2) is 42.6 Å². The van der Waals surface area contributed by atoms with E-state index in [0.29, 0.717) is 5.88 Å². The molecule has 0 spiro atoms. The largest absolute Gasteiger partial charge is 0.481 e. The standard InChI is InChI=1S/C20H22N4O/c1-14-4-3-5-17(10-14)20-22-18(24(23-20)13-15-6-7-15)11-16-8-9-21-19(12-16)25-2/h3-5,8-10,12,15H,6-7,11,13H2,1-2H3. The Hall–Kier alpha value is -2.69. The molecule has 4 rings (SSSR count). The van der Waals surface area contributed by atoms with Gasteiger partial charge in [0.15, 0.2) is 5.82 Å². The maximum atomic E-state index is 5.23. The Morgan fingerprint density at radius 2 is 2.08 bits per heavy atom. The molecule has 1 aliphatic rings. The predicted molar refractivity (Wildman–Crippen MR) is 96.5 cm³/mol. The summed E-state index contributed by atoms with van der Waals surface area (Å²) in [7, 11) is 1.64. The summed E-state index contributed by atoms with van der Waals surface area (Å²) in [6, 6.07) is 12.3. The minimum absolute atomic E-state index is 0.629. The topological polar surface area (TPSA) is 52.8 Å². The third-order valence-corrected chi connectivity index (χ3v) is 4.52. The summed E-state index contributed by atoms with van der Waals surface area (Å²) in [5.41, 5.74) is 3.42. The van der Waals surface area contributed by atoms with E-state index in [1.807, 2.05) is 12.1 Å². The fourth-order valence-corrected chi connectivity index (χ4v) is 2.96. The molecule has 0 bridgehead atoms. The van der Waals surface area contributed by atoms with Crippen molar-refractivity contribution >= 4 is 0 Å². The number of rotatable bonds is 6. The van der Waals surface area contributed by atoms with Crippen molar-refractivity contribution in [3.8, 4) is 17.3 Å². The first-order chi connectivity index (χ1) is 12.2. The van der Waals surface area contributed by atoms with Crippen LogP contribution in [0.2, 0.25) is 0 Å². The van der Waals surface area contributed by atoms with E-state index in [9.17, 15) is 0 Å². The van der Waals surface area contributed by atoms with E-state index in [1.165, 1.54) is 18.4 Å². The van der Waals surface area contributed by atoms with Crippen LogP contribution in [0.4, 0.5) is 0 Å². The van der Waals surface area contributed by atoms with Gasteiger partial charge < -0.3 is 4.74 Å². The molecule has 0 N–H and O–H groups in total. The van der Waals surface area contributed by atoms with E-state index in [1.54, 1.807) is 13.3 Å². The second kappa shape index (κ2) is 6.67. The molecule has 0 aliphatic heterocycles. The zero-order valence-corrected chi connectivity index (χ0v) is 14.6. The van der Waals surface area contributed by atoms with E-state index in [0.717, 1.165) is 41.7 Å². The lowest BCUT2D eigenvalue weighted by Crippen LogP contribution is -2.08. The lowest BCUT2D eigenvalue weighted by atomic mass is 10.1. The molecule has 2 heterocycles. The van der Waals surface area contributed by atoms with Crippen LogP contribution in [0, 0.1) is 12.8 Å². The molecule has 0 amide bonds. The van der Waals surface area contributed by atoms with Crippen molar-refractivity contribution < 1.29 is 4.74 Å². The third kappa shape index (κ3) is 3.71. The van der Waals surface area contributed by atoms with Gasteiger partial charge in [0.1, 0.15) is 5.82 Å². The molecule has 0 saturated heterocycles. The van der Waals surface area contributed by atoms with Gasteiger partial charge >= 0.3 is 0 Å². The van der Waals surface area contributed by atoms with Crippen molar-refractivity contribution in [3.63, 3.8) is 0 Å². The van der Waals surface area contributed by atoms with Crippen molar-refractivity contribution in [2.24, 2.45) is 5.92 Å². The molecular weight excluding hydrogens is 312 g/mol. The smallest absolute Gasteiger partial charge is 0.213 e. The molecule has 5 heteroatoms. The Morgan fingerprint density at radius 3 is 2.84 bits per heavy atom. The highest BCUT2D eigenvalue weighted by Gasteiger charge is 2.24. The average molecular weight is 334 g/mol. The molecule has 2 aromatic heterocycles. The van der Waals surface area contributed by atoms with E-state index in [-0.39, 0.29) is 0 Å². The molecule has 3 aromatic rings. The normalized spacial score (nSPS) is 13.8. The average Bonchev–Trinajstić information content (AvgIpc) is 3.35. The van der Waals surface area contributed by atoms with Crippen LogP contribution in [0.5, 0.6) is 5.88 Å². The first kappa shape index (κ1) is 15.8. The SMILES string of the molecule is COc1cc(Cc2nc(-c3cccc(C)c3)nn2CC2CC2)ccn1. The summed E-state index contributed by atoms with van der Waals surface area (Å²) >= 11 is 0. The Morgan fingerprint density at radius 1 is 1.20 bits per heavy atom. The molecule has 1 fully saturated rings. The molecular formula is C20H22N4O. The fourth-order valence-electron chi connectivity index (χ4n) is 2.96. The Bertz CT molecular complexity index is 883. The highest BCUT2D eigenvalue weighted by molar-refractivity contribution is 5.55. The van der Waals surface area contributed by atoms with Crippen LogP contribution in [0.25, 0.3) is 11.4 Å². The molecule has 25 heavy (non-hydrogen) atoms. The van der Waals surface area contributed by atoms with E-state index >= 15 is 0 Å². The zero-order valence-electron chi connectivity index (χ0n) is 14.6. The quantitative estimate of drug-likeness (QED) is 0.690. The van der Waals surface area contributed by atoms with Gasteiger partial charge in [-0.05, 0) is 43.4 Å². The van der Waals surface area contributed by atoms with Crippen molar-refractivity contribution in [2.45, 2.75) is 32.7 Å². The number of hydrogen-bond donors (Lipinski definition) is 0. The van der Waals surface area contributed by atoms with E-state index < -0.39 is 0 Å². The van der Waals surface area contributed by atoms with Gasteiger partial charge in [0, 0.05) is 30.8 Å². The van der Waals surface area contributed by atoms with Crippen molar-refractivity contribution in [1.82, 2.24) is 19.7 Å². The number of ether oxygens (including phenoxy) is 1. The minimum Gasteiger partial charge on any atom is -0.481 e. The van der Waals surface area contributed by atoms with E-state index in [2.05, 4.69) is 40.9 Å². The number of aryl methyl sites for hydroxylation is 1. The molecule has 0 unspecified atom stereocenters. The minimum atomic E-state index is 0.629. The number of pyridine rings is 1. The maximum Gasteiger partial charge on any atom is 0.213 e. The zero-order chi connectivity index (χ0) is 17.2. The number of nitrogens with zero attached hydrogens (tertiary/aromatic N) is 4. The molecule has 1 aromatic carbocycles. The summed E-state index contributed by atoms with van der Waals surface area (Å²) < 4.78 is 7.32. The van der Waals surface area contributed by atoms with Crippen LogP contribution < -0.4 is 4.74 Å². The fraction of sp³-hybridized carbons (Fsp3) is 0.350. The first-order valence-electron chi connectivity index (χ1n) is 8.71. The Kier molecular flexibility index (Phi) is 4.22. The number of hydrogen-bond acceptors (Lipinski definition) is 4. The predicted octanol–water partition coefficient (Wildman–Crippen LogP) is 3.66. The molecule has 1 saturated carbocycles. The molecule has 1 aliphatic carbocycles. The second-order valence-corrected chi connectivity index (χ2v) is 6.73. The third-order valence-electron chi connectivity index (χ3n) is 4.52. The van der Waals surface area contributed by atoms with Crippen molar-refractivity contribution in [2.75, 3.05) is 7.11 Å². The highest BCUT2D eigenvalue weighted by atomic mass is 16.5. The van der Waals surface area contributed by atoms with Gasteiger partial charge in [-0.3, -0.25) is 0 Å². The molecule has 0 atom stereocenters. The summed E-state index contributed by atoms with van der Waals surface area (Å²) in [5, 5.41) is 4.80. The van der Waals surface area contributed by atoms with Gasteiger partial charge in [-0.2, -0.15) is 5.10 Å². The molecule has 5 nitrogen and oxygen atoms in total. The Balaban J connectivity index is 1.67. The lowest BCUT2D eigenvalue weighted by Gasteiger charge is -2.06. The van der Waals surface area contributed by atoms with Crippen LogP contribution in [0.3, 0.4) is 0 Å². The second-order valence-electron chi connectivity index (χ2n) is 6.73. The van der Waals surface area contributed by atoms with Crippen LogP contribution in [-0.4, -0.2) is 26.9 Å². The Labute approximate surface area is 147 Å². The van der Waals surface area contributed by atoms with Crippen LogP contribution in [0.1, 0.15) is 29.8 Å². The van der Waals surface area contributed by atoms with Gasteiger partial charge in [0.05, 0.1) is 7.11 Å². The monoisotopic (exact) mass is 334 g/mol. The van der Waals surface area contributed by atoms with Crippen LogP contribution >= 0.6 is 0 Å². The van der Waals surface area contributed by atoms with Crippen molar-refractivity contribution in [3.05, 3.63) is 59.5 Å². The molecule has 128 valence electrons. The summed E-state index contributed by atoms with van der Waals surface area (Å²) in [6.07, 6.45) is 5.09. The summed E-state index contributed by atoms with van der Waals surface area (Å²) in [6.45, 7) is 3.05. The van der Waals surface area contributed by atoms with Gasteiger partial charge in [-0.25, -0.2) is 14.6 Å². The summed E-state index contributed by atoms with van der Waals surface area (Å²) in [4.78, 5) is 9.02. The van der Waals surface area contributed by atoms with Gasteiger partial charge in [-0.15, -0.1) is 0 Å². The van der Waals surface area contributed by atoms with Gasteiger partial charge in [0.2, 0.25) is 5.88 Å². The highest BCUT2D eigenvalue weighted by Crippen LogP contribution is 2.31. The van der Waals surface area contributed by atoms with Gasteiger partial charge in [-0.1, -0.05) is 23.8 Å². The van der Waals surface area contributed by atoms with Crippen molar-refractivity contribution in [1.29, 1.82) is 0 Å². The van der Waals surface area contributed by atoms with Crippen LogP contribution in [-0.2, 0) is 13.0 Å². The van der Waals surface area contributed by atoms with E-state index in [4.69, 9.17) is 14.8 Å². The number of methoxy groups -OCH3 is 1. The first-order valence-corrected chi connectivity index (χ1v) is 8.71. The number of aromatic nitrogens is 4. The maximum absolute atomic E-state index is 5.23. The summed E-state index contributed by atoms with van der Waals surface area (Å²) in [5.74, 6) is 3.18. The molecule has 0 radical (unpaired) electrons. The van der Waals surface area contributed by atoms with Gasteiger partial charge in [0.25, 0.3) is 0 Å².